The van der Waals surface area contributed by atoms with Crippen LogP contribution in [-0.2, 0) is 24.6 Å². The fourth-order valence-electron chi connectivity index (χ4n) is 2.73. The number of benzene rings is 2. The molecular weight excluding hydrogens is 445 g/mol. The predicted octanol–water partition coefficient (Wildman–Crippen LogP) is 4.46. The number of hydrogen-bond donors (Lipinski definition) is 1. The number of amides is 1. The Balaban J connectivity index is 1.56. The molecule has 11 heteroatoms. The number of rotatable bonds is 8. The minimum Gasteiger partial charge on any atom is -0.493 e. The second-order valence-electron chi connectivity index (χ2n) is 6.82. The van der Waals surface area contributed by atoms with E-state index in [1.165, 1.54) is 12.1 Å². The number of alkyl halides is 3. The van der Waals surface area contributed by atoms with E-state index in [1.807, 2.05) is 19.1 Å². The molecule has 0 aliphatic heterocycles. The van der Waals surface area contributed by atoms with Crippen LogP contribution in [0.25, 0.3) is 0 Å². The molecule has 0 aliphatic rings. The summed E-state index contributed by atoms with van der Waals surface area (Å²) >= 11 is 1.11. The van der Waals surface area contributed by atoms with Gasteiger partial charge in [0.2, 0.25) is 5.91 Å². The summed E-state index contributed by atoms with van der Waals surface area (Å²) in [6, 6.07) is 10.0. The molecule has 7 nitrogen and oxygen atoms in total. The first kappa shape index (κ1) is 23.5. The van der Waals surface area contributed by atoms with E-state index in [4.69, 9.17) is 9.47 Å². The summed E-state index contributed by atoms with van der Waals surface area (Å²) in [5.74, 6) is 1.20. The third-order valence-electron chi connectivity index (χ3n) is 4.41. The Morgan fingerprint density at radius 1 is 1.16 bits per heavy atom. The third-order valence-corrected chi connectivity index (χ3v) is 5.43. The van der Waals surface area contributed by atoms with Crippen molar-refractivity contribution in [3.8, 4) is 11.5 Å². The molecule has 0 saturated heterocycles. The zero-order chi connectivity index (χ0) is 23.3. The predicted molar refractivity (Wildman–Crippen MR) is 114 cm³/mol. The van der Waals surface area contributed by atoms with Gasteiger partial charge in [-0.15, -0.1) is 10.2 Å². The van der Waals surface area contributed by atoms with Gasteiger partial charge in [0, 0.05) is 12.7 Å². The molecule has 2 aromatic carbocycles. The maximum atomic E-state index is 12.8. The number of hydrogen-bond acceptors (Lipinski definition) is 6. The van der Waals surface area contributed by atoms with Crippen molar-refractivity contribution in [1.29, 1.82) is 0 Å². The molecule has 1 N–H and O–H groups in total. The van der Waals surface area contributed by atoms with E-state index in [2.05, 4.69) is 15.5 Å². The lowest BCUT2D eigenvalue weighted by molar-refractivity contribution is -0.137. The van der Waals surface area contributed by atoms with Crippen LogP contribution in [0.5, 0.6) is 11.5 Å². The van der Waals surface area contributed by atoms with E-state index in [0.717, 1.165) is 29.5 Å². The monoisotopic (exact) mass is 466 g/mol. The zero-order valence-electron chi connectivity index (χ0n) is 17.6. The van der Waals surface area contributed by atoms with Gasteiger partial charge < -0.3 is 19.4 Å². The number of carbonyl (C=O) groups excluding carboxylic acids is 1. The average Bonchev–Trinajstić information content (AvgIpc) is 3.10. The van der Waals surface area contributed by atoms with Gasteiger partial charge in [-0.05, 0) is 42.8 Å². The minimum absolute atomic E-state index is 0.0468. The molecule has 0 radical (unpaired) electrons. The maximum Gasteiger partial charge on any atom is 0.416 e. The molecule has 0 bridgehead atoms. The second-order valence-corrected chi connectivity index (χ2v) is 7.76. The fraction of sp³-hybridized carbons (Fsp3) is 0.286. The van der Waals surface area contributed by atoms with Gasteiger partial charge in [-0.3, -0.25) is 4.79 Å². The lowest BCUT2D eigenvalue weighted by atomic mass is 10.2. The highest BCUT2D eigenvalue weighted by molar-refractivity contribution is 7.99. The molecule has 0 aliphatic carbocycles. The highest BCUT2D eigenvalue weighted by Gasteiger charge is 2.30. The van der Waals surface area contributed by atoms with E-state index >= 15 is 0 Å². The normalized spacial score (nSPS) is 11.3. The zero-order valence-corrected chi connectivity index (χ0v) is 18.4. The van der Waals surface area contributed by atoms with Gasteiger partial charge in [0.05, 0.1) is 18.4 Å². The Bertz CT molecular complexity index is 1100. The van der Waals surface area contributed by atoms with Gasteiger partial charge >= 0.3 is 6.18 Å². The van der Waals surface area contributed by atoms with E-state index in [0.29, 0.717) is 22.5 Å². The average molecular weight is 466 g/mol. The van der Waals surface area contributed by atoms with Crippen molar-refractivity contribution in [3.63, 3.8) is 0 Å². The standard InChI is InChI=1S/C21H21F3N4O3S/c1-13-7-8-16(17(9-13)30-3)31-11-18-26-27-20(28(18)2)32-12-19(29)25-15-6-4-5-14(10-15)21(22,23)24/h4-10H,11-12H2,1-3H3,(H,25,29). The number of aryl methyl sites for hydroxylation is 1. The van der Waals surface area contributed by atoms with E-state index in [-0.39, 0.29) is 18.0 Å². The number of ether oxygens (including phenoxy) is 2. The first-order chi connectivity index (χ1) is 15.2. The first-order valence-corrected chi connectivity index (χ1v) is 10.4. The molecular formula is C21H21F3N4O3S. The molecule has 170 valence electrons. The molecule has 1 heterocycles. The van der Waals surface area contributed by atoms with Crippen molar-refractivity contribution in [2.45, 2.75) is 24.9 Å². The Kier molecular flexibility index (Phi) is 7.29. The Hall–Kier alpha value is -3.21. The van der Waals surface area contributed by atoms with Crippen molar-refractivity contribution >= 4 is 23.4 Å². The Morgan fingerprint density at radius 3 is 2.66 bits per heavy atom. The number of carbonyl (C=O) groups is 1. The smallest absolute Gasteiger partial charge is 0.416 e. The van der Waals surface area contributed by atoms with Crippen LogP contribution in [0.3, 0.4) is 0 Å². The van der Waals surface area contributed by atoms with Crippen molar-refractivity contribution in [1.82, 2.24) is 14.8 Å². The van der Waals surface area contributed by atoms with E-state index in [9.17, 15) is 18.0 Å². The number of anilines is 1. The van der Waals surface area contributed by atoms with Crippen LogP contribution >= 0.6 is 11.8 Å². The van der Waals surface area contributed by atoms with Gasteiger partial charge in [0.1, 0.15) is 6.61 Å². The van der Waals surface area contributed by atoms with Crippen molar-refractivity contribution in [2.75, 3.05) is 18.2 Å². The van der Waals surface area contributed by atoms with Crippen LogP contribution in [0.15, 0.2) is 47.6 Å². The van der Waals surface area contributed by atoms with Crippen LogP contribution in [0.1, 0.15) is 17.0 Å². The van der Waals surface area contributed by atoms with Crippen LogP contribution in [0.4, 0.5) is 18.9 Å². The number of nitrogens with one attached hydrogen (secondary N) is 1. The molecule has 3 rings (SSSR count). The highest BCUT2D eigenvalue weighted by atomic mass is 32.2. The molecule has 0 spiro atoms. The Labute approximate surface area is 186 Å². The third kappa shape index (κ3) is 5.94. The molecule has 0 fully saturated rings. The molecule has 0 atom stereocenters. The van der Waals surface area contributed by atoms with Gasteiger partial charge in [-0.1, -0.05) is 23.9 Å². The van der Waals surface area contributed by atoms with Gasteiger partial charge in [0.15, 0.2) is 22.5 Å². The lowest BCUT2D eigenvalue weighted by Crippen LogP contribution is -2.15. The van der Waals surface area contributed by atoms with Crippen molar-refractivity contribution < 1.29 is 27.4 Å². The SMILES string of the molecule is COc1cc(C)ccc1OCc1nnc(SCC(=O)Nc2cccc(C(F)(F)F)c2)n1C. The molecule has 3 aromatic rings. The molecule has 0 saturated carbocycles. The lowest BCUT2D eigenvalue weighted by Gasteiger charge is -2.11. The number of methoxy groups -OCH3 is 1. The Morgan fingerprint density at radius 2 is 1.94 bits per heavy atom. The van der Waals surface area contributed by atoms with E-state index < -0.39 is 17.6 Å². The van der Waals surface area contributed by atoms with Crippen LogP contribution in [0, 0.1) is 6.92 Å². The van der Waals surface area contributed by atoms with Crippen molar-refractivity contribution in [3.05, 3.63) is 59.4 Å². The number of aromatic nitrogens is 3. The van der Waals surface area contributed by atoms with Crippen molar-refractivity contribution in [2.24, 2.45) is 7.05 Å². The van der Waals surface area contributed by atoms with Crippen LogP contribution in [-0.4, -0.2) is 33.5 Å². The summed E-state index contributed by atoms with van der Waals surface area (Å²) in [6.45, 7) is 2.08. The summed E-state index contributed by atoms with van der Waals surface area (Å²) in [6.07, 6.45) is -4.48. The quantitative estimate of drug-likeness (QED) is 0.494. The van der Waals surface area contributed by atoms with Gasteiger partial charge in [-0.25, -0.2) is 0 Å². The fourth-order valence-corrected chi connectivity index (χ4v) is 3.46. The molecule has 32 heavy (non-hydrogen) atoms. The van der Waals surface area contributed by atoms with Gasteiger partial charge in [0.25, 0.3) is 0 Å². The largest absolute Gasteiger partial charge is 0.493 e. The van der Waals surface area contributed by atoms with E-state index in [1.54, 1.807) is 24.8 Å². The molecule has 1 amide bonds. The molecule has 0 unspecified atom stereocenters. The van der Waals surface area contributed by atoms with Crippen LogP contribution < -0.4 is 14.8 Å². The van der Waals surface area contributed by atoms with Gasteiger partial charge in [-0.2, -0.15) is 13.2 Å². The molecule has 1 aromatic heterocycles. The second kappa shape index (κ2) is 9.94. The summed E-state index contributed by atoms with van der Waals surface area (Å²) in [5.41, 5.74) is 0.283. The number of nitrogens with zero attached hydrogens (tertiary/aromatic N) is 3. The first-order valence-electron chi connectivity index (χ1n) is 9.43. The number of thioether (sulfide) groups is 1. The van der Waals surface area contributed by atoms with Crippen LogP contribution in [0.2, 0.25) is 0 Å². The maximum absolute atomic E-state index is 12.8. The topological polar surface area (TPSA) is 78.3 Å². The number of halogens is 3. The summed E-state index contributed by atoms with van der Waals surface area (Å²) < 4.78 is 51.2. The summed E-state index contributed by atoms with van der Waals surface area (Å²) in [4.78, 5) is 12.2. The minimum atomic E-state index is -4.48. The highest BCUT2D eigenvalue weighted by Crippen LogP contribution is 2.31. The summed E-state index contributed by atoms with van der Waals surface area (Å²) in [7, 11) is 3.29. The summed E-state index contributed by atoms with van der Waals surface area (Å²) in [5, 5.41) is 11.1.